The Kier molecular flexibility index (Phi) is 5.22. The van der Waals surface area contributed by atoms with Gasteiger partial charge < -0.3 is 9.47 Å². The van der Waals surface area contributed by atoms with Gasteiger partial charge in [0.15, 0.2) is 0 Å². The fourth-order valence-electron chi connectivity index (χ4n) is 3.04. The van der Waals surface area contributed by atoms with E-state index in [1.165, 1.54) is 0 Å². The van der Waals surface area contributed by atoms with Crippen LogP contribution in [0.4, 0.5) is 0 Å². The van der Waals surface area contributed by atoms with Crippen molar-refractivity contribution in [1.82, 2.24) is 14.5 Å². The smallest absolute Gasteiger partial charge is 0.253 e. The van der Waals surface area contributed by atoms with Gasteiger partial charge in [-0.3, -0.25) is 4.79 Å². The van der Waals surface area contributed by atoms with Crippen molar-refractivity contribution in [2.24, 2.45) is 0 Å². The number of rotatable bonds is 6. The molecule has 0 unspecified atom stereocenters. The zero-order chi connectivity index (χ0) is 16.3. The van der Waals surface area contributed by atoms with Crippen molar-refractivity contribution >= 4 is 16.9 Å². The van der Waals surface area contributed by atoms with Crippen LogP contribution in [0.15, 0.2) is 18.2 Å². The number of carbonyl (C=O) groups excluding carboxylic acids is 1. The maximum absolute atomic E-state index is 12.7. The van der Waals surface area contributed by atoms with Crippen molar-refractivity contribution in [1.29, 1.82) is 0 Å². The number of aryl methyl sites for hydroxylation is 1. The Morgan fingerprint density at radius 2 is 1.86 bits per heavy atom. The van der Waals surface area contributed by atoms with E-state index in [0.717, 1.165) is 48.4 Å². The first-order valence-electron chi connectivity index (χ1n) is 8.27. The Labute approximate surface area is 133 Å². The molecule has 0 fully saturated rings. The quantitative estimate of drug-likeness (QED) is 0.802. The monoisotopic (exact) mass is 301 g/mol. The first-order valence-corrected chi connectivity index (χ1v) is 8.27. The molecule has 1 amide bonds. The van der Waals surface area contributed by atoms with Gasteiger partial charge in [0.25, 0.3) is 5.91 Å². The van der Waals surface area contributed by atoms with Crippen molar-refractivity contribution in [2.75, 3.05) is 13.1 Å². The maximum Gasteiger partial charge on any atom is 0.253 e. The second-order valence-corrected chi connectivity index (χ2v) is 6.12. The summed E-state index contributed by atoms with van der Waals surface area (Å²) in [7, 11) is 0. The van der Waals surface area contributed by atoms with Gasteiger partial charge >= 0.3 is 0 Å². The lowest BCUT2D eigenvalue weighted by Gasteiger charge is -2.21. The van der Waals surface area contributed by atoms with Gasteiger partial charge in [0.2, 0.25) is 0 Å². The lowest BCUT2D eigenvalue weighted by molar-refractivity contribution is 0.0755. The van der Waals surface area contributed by atoms with Crippen LogP contribution in [0.25, 0.3) is 11.0 Å². The molecule has 0 N–H and O–H groups in total. The predicted molar refractivity (Wildman–Crippen MR) is 91.3 cm³/mol. The van der Waals surface area contributed by atoms with Gasteiger partial charge in [-0.2, -0.15) is 0 Å². The molecule has 0 saturated heterocycles. The molecule has 22 heavy (non-hydrogen) atoms. The Hall–Kier alpha value is -1.84. The van der Waals surface area contributed by atoms with Crippen molar-refractivity contribution in [3.05, 3.63) is 29.6 Å². The molecule has 0 aliphatic carbocycles. The number of imidazole rings is 1. The third-order valence-electron chi connectivity index (χ3n) is 3.90. The van der Waals surface area contributed by atoms with Gasteiger partial charge in [-0.25, -0.2) is 4.98 Å². The van der Waals surface area contributed by atoms with E-state index in [-0.39, 0.29) is 5.91 Å². The van der Waals surface area contributed by atoms with E-state index < -0.39 is 0 Å². The molecule has 0 aliphatic heterocycles. The zero-order valence-electron chi connectivity index (χ0n) is 14.4. The third-order valence-corrected chi connectivity index (χ3v) is 3.90. The van der Waals surface area contributed by atoms with Crippen LogP contribution < -0.4 is 0 Å². The van der Waals surface area contributed by atoms with Gasteiger partial charge in [-0.15, -0.1) is 0 Å². The van der Waals surface area contributed by atoms with Crippen LogP contribution >= 0.6 is 0 Å². The van der Waals surface area contributed by atoms with Gasteiger partial charge in [0.05, 0.1) is 11.0 Å². The second kappa shape index (κ2) is 6.95. The summed E-state index contributed by atoms with van der Waals surface area (Å²) in [6.07, 6.45) is 1.96. The summed E-state index contributed by atoms with van der Waals surface area (Å²) in [5.41, 5.74) is 2.74. The molecular formula is C18H27N3O. The Bertz CT molecular complexity index is 652. The summed E-state index contributed by atoms with van der Waals surface area (Å²) in [5.74, 6) is 1.11. The highest BCUT2D eigenvalue weighted by Gasteiger charge is 2.17. The number of hydrogen-bond donors (Lipinski definition) is 0. The zero-order valence-corrected chi connectivity index (χ0v) is 14.4. The number of amides is 1. The minimum atomic E-state index is 0.113. The minimum absolute atomic E-state index is 0.113. The molecular weight excluding hydrogens is 274 g/mol. The Balaban J connectivity index is 2.38. The first-order chi connectivity index (χ1) is 10.5. The standard InChI is InChI=1S/C18H27N3O/c1-6-10-20(11-7-2)18(22)15-8-9-17-16(12-15)19-14(5)21(17)13(3)4/h8-9,12-13H,6-7,10-11H2,1-5H3. The highest BCUT2D eigenvalue weighted by atomic mass is 16.2. The number of aromatic nitrogens is 2. The van der Waals surface area contributed by atoms with Gasteiger partial charge in [-0.1, -0.05) is 13.8 Å². The molecule has 2 rings (SSSR count). The fraction of sp³-hybridized carbons (Fsp3) is 0.556. The van der Waals surface area contributed by atoms with Crippen molar-refractivity contribution < 1.29 is 4.79 Å². The fourth-order valence-corrected chi connectivity index (χ4v) is 3.04. The van der Waals surface area contributed by atoms with E-state index in [1.807, 2.05) is 30.0 Å². The van der Waals surface area contributed by atoms with Crippen LogP contribution in [0.3, 0.4) is 0 Å². The minimum Gasteiger partial charge on any atom is -0.339 e. The molecule has 120 valence electrons. The topological polar surface area (TPSA) is 38.1 Å². The number of hydrogen-bond acceptors (Lipinski definition) is 2. The molecule has 0 saturated carbocycles. The summed E-state index contributed by atoms with van der Waals surface area (Å²) in [5, 5.41) is 0. The summed E-state index contributed by atoms with van der Waals surface area (Å²) in [6, 6.07) is 6.26. The van der Waals surface area contributed by atoms with E-state index in [2.05, 4.69) is 37.2 Å². The molecule has 1 heterocycles. The summed E-state index contributed by atoms with van der Waals surface area (Å²) >= 11 is 0. The van der Waals surface area contributed by atoms with E-state index >= 15 is 0 Å². The van der Waals surface area contributed by atoms with Crippen molar-refractivity contribution in [3.8, 4) is 0 Å². The first kappa shape index (κ1) is 16.5. The van der Waals surface area contributed by atoms with Crippen LogP contribution in [0.1, 0.15) is 62.8 Å². The Morgan fingerprint density at radius 1 is 1.23 bits per heavy atom. The molecule has 0 atom stereocenters. The summed E-state index contributed by atoms with van der Waals surface area (Å²) in [6.45, 7) is 12.1. The van der Waals surface area contributed by atoms with Crippen LogP contribution in [-0.4, -0.2) is 33.4 Å². The summed E-state index contributed by atoms with van der Waals surface area (Å²) in [4.78, 5) is 19.2. The Morgan fingerprint density at radius 3 is 2.41 bits per heavy atom. The largest absolute Gasteiger partial charge is 0.339 e. The average molecular weight is 301 g/mol. The molecule has 0 bridgehead atoms. The number of fused-ring (bicyclic) bond motifs is 1. The van der Waals surface area contributed by atoms with E-state index in [1.54, 1.807) is 0 Å². The van der Waals surface area contributed by atoms with E-state index in [9.17, 15) is 4.79 Å². The lowest BCUT2D eigenvalue weighted by Crippen LogP contribution is -2.32. The molecule has 0 aliphatic rings. The number of benzene rings is 1. The molecule has 4 nitrogen and oxygen atoms in total. The van der Waals surface area contributed by atoms with Crippen LogP contribution in [0.5, 0.6) is 0 Å². The van der Waals surface area contributed by atoms with E-state index in [4.69, 9.17) is 0 Å². The SMILES string of the molecule is CCCN(CCC)C(=O)c1ccc2c(c1)nc(C)n2C(C)C. The number of carbonyl (C=O) groups is 1. The molecule has 0 spiro atoms. The number of nitrogens with zero attached hydrogens (tertiary/aromatic N) is 3. The van der Waals surface area contributed by atoms with Gasteiger partial charge in [0, 0.05) is 24.7 Å². The summed E-state index contributed by atoms with van der Waals surface area (Å²) < 4.78 is 2.21. The van der Waals surface area contributed by atoms with Crippen LogP contribution in [0, 0.1) is 6.92 Å². The van der Waals surface area contributed by atoms with Crippen molar-refractivity contribution in [3.63, 3.8) is 0 Å². The molecule has 1 aromatic carbocycles. The highest BCUT2D eigenvalue weighted by Crippen LogP contribution is 2.22. The van der Waals surface area contributed by atoms with Crippen LogP contribution in [0.2, 0.25) is 0 Å². The predicted octanol–water partition coefficient (Wildman–Crippen LogP) is 4.19. The van der Waals surface area contributed by atoms with E-state index in [0.29, 0.717) is 6.04 Å². The normalized spacial score (nSPS) is 11.4. The lowest BCUT2D eigenvalue weighted by atomic mass is 10.1. The molecule has 4 heteroatoms. The van der Waals surface area contributed by atoms with Gasteiger partial charge in [-0.05, 0) is 51.8 Å². The molecule has 2 aromatic rings. The molecule has 1 aromatic heterocycles. The third kappa shape index (κ3) is 3.16. The average Bonchev–Trinajstić information content (AvgIpc) is 2.81. The molecule has 0 radical (unpaired) electrons. The maximum atomic E-state index is 12.7. The van der Waals surface area contributed by atoms with Gasteiger partial charge in [0.1, 0.15) is 5.82 Å². The second-order valence-electron chi connectivity index (χ2n) is 6.12. The van der Waals surface area contributed by atoms with Crippen LogP contribution in [-0.2, 0) is 0 Å². The van der Waals surface area contributed by atoms with Crippen molar-refractivity contribution in [2.45, 2.75) is 53.5 Å². The highest BCUT2D eigenvalue weighted by molar-refractivity contribution is 5.97.